The molecule has 15 heavy (non-hydrogen) atoms. The fourth-order valence-electron chi connectivity index (χ4n) is 1.22. The summed E-state index contributed by atoms with van der Waals surface area (Å²) in [6.07, 6.45) is 0.173. The molecule has 1 nitrogen and oxygen atoms in total. The van der Waals surface area contributed by atoms with E-state index in [0.717, 1.165) is 5.56 Å². The molecular formula is C14H18O. The lowest BCUT2D eigenvalue weighted by molar-refractivity contribution is 0.228. The van der Waals surface area contributed by atoms with E-state index in [1.54, 1.807) is 0 Å². The van der Waals surface area contributed by atoms with Crippen molar-refractivity contribution in [3.63, 3.8) is 0 Å². The number of aliphatic hydroxyl groups excluding tert-OH is 1. The highest BCUT2D eigenvalue weighted by molar-refractivity contribution is 5.37. The lowest BCUT2D eigenvalue weighted by Gasteiger charge is -2.03. The van der Waals surface area contributed by atoms with Gasteiger partial charge in [0.2, 0.25) is 0 Å². The van der Waals surface area contributed by atoms with Crippen molar-refractivity contribution in [3.05, 3.63) is 35.4 Å². The molecule has 1 aromatic rings. The van der Waals surface area contributed by atoms with Crippen LogP contribution in [0.1, 0.15) is 44.2 Å². The van der Waals surface area contributed by atoms with Gasteiger partial charge in [-0.1, -0.05) is 44.7 Å². The molecule has 0 radical (unpaired) electrons. The van der Waals surface area contributed by atoms with Gasteiger partial charge in [0.25, 0.3) is 0 Å². The fourth-order valence-corrected chi connectivity index (χ4v) is 1.22. The zero-order valence-electron chi connectivity index (χ0n) is 9.62. The number of hydrogen-bond donors (Lipinski definition) is 1. The molecule has 0 spiro atoms. The van der Waals surface area contributed by atoms with Crippen LogP contribution in [0, 0.1) is 11.8 Å². The van der Waals surface area contributed by atoms with E-state index >= 15 is 0 Å². The molecule has 1 unspecified atom stereocenters. The summed E-state index contributed by atoms with van der Waals surface area (Å²) >= 11 is 0. The summed E-state index contributed by atoms with van der Waals surface area (Å²) in [6.45, 7) is 6.25. The maximum absolute atomic E-state index is 9.29. The summed E-state index contributed by atoms with van der Waals surface area (Å²) in [4.78, 5) is 0. The Kier molecular flexibility index (Phi) is 4.39. The first-order valence-corrected chi connectivity index (χ1v) is 5.43. The summed E-state index contributed by atoms with van der Waals surface area (Å²) in [7, 11) is 0. The maximum atomic E-state index is 9.29. The molecule has 1 heteroatoms. The molecule has 0 saturated heterocycles. The van der Waals surface area contributed by atoms with Crippen molar-refractivity contribution in [2.45, 2.75) is 39.2 Å². The van der Waals surface area contributed by atoms with E-state index in [1.165, 1.54) is 5.56 Å². The summed E-state index contributed by atoms with van der Waals surface area (Å²) < 4.78 is 0. The summed E-state index contributed by atoms with van der Waals surface area (Å²) in [5.74, 6) is 6.31. The number of aliphatic hydroxyl groups is 1. The average Bonchev–Trinajstić information content (AvgIpc) is 2.26. The first kappa shape index (κ1) is 11.8. The van der Waals surface area contributed by atoms with Crippen molar-refractivity contribution in [3.8, 4) is 11.8 Å². The number of rotatable bonds is 2. The van der Waals surface area contributed by atoms with Crippen molar-refractivity contribution < 1.29 is 5.11 Å². The first-order valence-electron chi connectivity index (χ1n) is 5.43. The van der Waals surface area contributed by atoms with Gasteiger partial charge in [-0.2, -0.15) is 0 Å². The average molecular weight is 202 g/mol. The topological polar surface area (TPSA) is 20.2 Å². The molecule has 0 heterocycles. The van der Waals surface area contributed by atoms with E-state index in [-0.39, 0.29) is 0 Å². The van der Waals surface area contributed by atoms with Crippen LogP contribution in [0.2, 0.25) is 0 Å². The molecular weight excluding hydrogens is 184 g/mol. The molecule has 0 bridgehead atoms. The maximum Gasteiger partial charge on any atom is 0.114 e. The second-order valence-electron chi connectivity index (χ2n) is 3.97. The Labute approximate surface area is 92.1 Å². The Morgan fingerprint density at radius 1 is 1.20 bits per heavy atom. The van der Waals surface area contributed by atoms with Crippen molar-refractivity contribution in [2.75, 3.05) is 0 Å². The summed E-state index contributed by atoms with van der Waals surface area (Å²) in [5.41, 5.74) is 2.28. The van der Waals surface area contributed by atoms with Crippen LogP contribution in [0.5, 0.6) is 0 Å². The minimum absolute atomic E-state index is 0.505. The van der Waals surface area contributed by atoms with Gasteiger partial charge in [-0.15, -0.1) is 0 Å². The van der Waals surface area contributed by atoms with E-state index in [1.807, 2.05) is 19.1 Å². The zero-order chi connectivity index (χ0) is 11.3. The van der Waals surface area contributed by atoms with Crippen LogP contribution in [-0.4, -0.2) is 11.2 Å². The minimum atomic E-state index is -0.505. The van der Waals surface area contributed by atoms with Gasteiger partial charge in [-0.3, -0.25) is 0 Å². The van der Waals surface area contributed by atoms with Crippen LogP contribution >= 0.6 is 0 Å². The molecule has 0 fully saturated rings. The summed E-state index contributed by atoms with van der Waals surface area (Å²) in [6, 6.07) is 8.19. The first-order chi connectivity index (χ1) is 7.13. The third-order valence-corrected chi connectivity index (χ3v) is 2.35. The SMILES string of the molecule is CCC(O)C#Cc1ccc(C(C)C)cc1. The van der Waals surface area contributed by atoms with Crippen LogP contribution in [-0.2, 0) is 0 Å². The van der Waals surface area contributed by atoms with Gasteiger partial charge in [0, 0.05) is 5.56 Å². The molecule has 0 aromatic heterocycles. The molecule has 80 valence electrons. The molecule has 0 aliphatic rings. The second-order valence-corrected chi connectivity index (χ2v) is 3.97. The lowest BCUT2D eigenvalue weighted by Crippen LogP contribution is -1.98. The quantitative estimate of drug-likeness (QED) is 0.731. The highest BCUT2D eigenvalue weighted by Crippen LogP contribution is 2.14. The fraction of sp³-hybridized carbons (Fsp3) is 0.429. The normalized spacial score (nSPS) is 12.1. The molecule has 0 aliphatic heterocycles. The third-order valence-electron chi connectivity index (χ3n) is 2.35. The van der Waals surface area contributed by atoms with Gasteiger partial charge < -0.3 is 5.11 Å². The number of benzene rings is 1. The molecule has 0 aliphatic carbocycles. The smallest absolute Gasteiger partial charge is 0.114 e. The zero-order valence-corrected chi connectivity index (χ0v) is 9.62. The van der Waals surface area contributed by atoms with E-state index in [4.69, 9.17) is 0 Å². The van der Waals surface area contributed by atoms with E-state index in [0.29, 0.717) is 12.3 Å². The van der Waals surface area contributed by atoms with Crippen LogP contribution < -0.4 is 0 Å². The Hall–Kier alpha value is -1.26. The van der Waals surface area contributed by atoms with Gasteiger partial charge in [0.1, 0.15) is 6.10 Å². The van der Waals surface area contributed by atoms with Crippen LogP contribution in [0.3, 0.4) is 0 Å². The standard InChI is InChI=1S/C14H18O/c1-4-14(15)10-7-12-5-8-13(9-6-12)11(2)3/h5-6,8-9,11,14-15H,4H2,1-3H3. The van der Waals surface area contributed by atoms with Crippen molar-refractivity contribution in [1.82, 2.24) is 0 Å². The monoisotopic (exact) mass is 202 g/mol. The van der Waals surface area contributed by atoms with Gasteiger partial charge >= 0.3 is 0 Å². The number of hydrogen-bond acceptors (Lipinski definition) is 1. The Balaban J connectivity index is 2.75. The Morgan fingerprint density at radius 2 is 1.80 bits per heavy atom. The predicted molar refractivity (Wildman–Crippen MR) is 63.7 cm³/mol. The van der Waals surface area contributed by atoms with Gasteiger partial charge in [-0.25, -0.2) is 0 Å². The van der Waals surface area contributed by atoms with E-state index < -0.39 is 6.10 Å². The predicted octanol–water partition coefficient (Wildman–Crippen LogP) is 2.93. The van der Waals surface area contributed by atoms with Crippen molar-refractivity contribution in [1.29, 1.82) is 0 Å². The van der Waals surface area contributed by atoms with Crippen LogP contribution in [0.4, 0.5) is 0 Å². The minimum Gasteiger partial charge on any atom is -0.380 e. The molecule has 1 aromatic carbocycles. The molecule has 1 N–H and O–H groups in total. The Bertz CT molecular complexity index is 351. The van der Waals surface area contributed by atoms with Gasteiger partial charge in [0.05, 0.1) is 0 Å². The molecule has 1 rings (SSSR count). The highest BCUT2D eigenvalue weighted by Gasteiger charge is 1.97. The summed E-state index contributed by atoms with van der Waals surface area (Å²) in [5, 5.41) is 9.29. The van der Waals surface area contributed by atoms with Gasteiger partial charge in [-0.05, 0) is 30.0 Å². The van der Waals surface area contributed by atoms with E-state index in [2.05, 4.69) is 37.8 Å². The van der Waals surface area contributed by atoms with E-state index in [9.17, 15) is 5.11 Å². The second kappa shape index (κ2) is 5.58. The molecule has 0 saturated carbocycles. The van der Waals surface area contributed by atoms with Gasteiger partial charge in [0.15, 0.2) is 0 Å². The highest BCUT2D eigenvalue weighted by atomic mass is 16.3. The molecule has 0 amide bonds. The van der Waals surface area contributed by atoms with Crippen molar-refractivity contribution >= 4 is 0 Å². The van der Waals surface area contributed by atoms with Crippen LogP contribution in [0.25, 0.3) is 0 Å². The van der Waals surface area contributed by atoms with Crippen LogP contribution in [0.15, 0.2) is 24.3 Å². The molecule has 1 atom stereocenters. The lowest BCUT2D eigenvalue weighted by atomic mass is 10.0. The third kappa shape index (κ3) is 3.77. The Morgan fingerprint density at radius 3 is 2.27 bits per heavy atom. The largest absolute Gasteiger partial charge is 0.380 e. The van der Waals surface area contributed by atoms with Crippen molar-refractivity contribution in [2.24, 2.45) is 0 Å².